The van der Waals surface area contributed by atoms with E-state index >= 15 is 0 Å². The van der Waals surface area contributed by atoms with E-state index in [2.05, 4.69) is 9.97 Å². The van der Waals surface area contributed by atoms with E-state index in [0.717, 1.165) is 32.4 Å². The van der Waals surface area contributed by atoms with E-state index in [1.165, 1.54) is 0 Å². The summed E-state index contributed by atoms with van der Waals surface area (Å²) in [4.78, 5) is 8.76. The molecule has 0 saturated heterocycles. The maximum absolute atomic E-state index is 6.18. The van der Waals surface area contributed by atoms with Crippen molar-refractivity contribution in [2.75, 3.05) is 0 Å². The number of aromatic nitrogens is 3. The van der Waals surface area contributed by atoms with Gasteiger partial charge in [-0.2, -0.15) is 0 Å². The van der Waals surface area contributed by atoms with Gasteiger partial charge in [-0.15, -0.1) is 0 Å². The van der Waals surface area contributed by atoms with E-state index in [4.69, 9.17) is 23.2 Å². The second-order valence-corrected chi connectivity index (χ2v) is 6.17. The summed E-state index contributed by atoms with van der Waals surface area (Å²) in [6, 6.07) is 7.40. The molecule has 0 N–H and O–H groups in total. The van der Waals surface area contributed by atoms with Gasteiger partial charge < -0.3 is 4.57 Å². The number of pyridine rings is 1. The van der Waals surface area contributed by atoms with Crippen LogP contribution < -0.4 is 0 Å². The molecule has 1 aromatic carbocycles. The topological polar surface area (TPSA) is 30.7 Å². The fourth-order valence-electron chi connectivity index (χ4n) is 1.97. The Kier molecular flexibility index (Phi) is 3.87. The molecule has 0 aliphatic rings. The van der Waals surface area contributed by atoms with E-state index in [9.17, 15) is 0 Å². The first-order valence-corrected chi connectivity index (χ1v) is 7.72. The van der Waals surface area contributed by atoms with Gasteiger partial charge in [0.2, 0.25) is 0 Å². The van der Waals surface area contributed by atoms with E-state index < -0.39 is 0 Å². The highest BCUT2D eigenvalue weighted by atomic mass is 35.5. The molecule has 0 aliphatic heterocycles. The van der Waals surface area contributed by atoms with Crippen LogP contribution in [0.3, 0.4) is 0 Å². The summed E-state index contributed by atoms with van der Waals surface area (Å²) in [5, 5.41) is 2.36. The van der Waals surface area contributed by atoms with Gasteiger partial charge in [0.25, 0.3) is 0 Å². The van der Waals surface area contributed by atoms with Crippen molar-refractivity contribution in [3.8, 4) is 0 Å². The number of fused-ring (bicyclic) bond motifs is 1. The molecule has 3 aromatic rings. The van der Waals surface area contributed by atoms with E-state index in [1.807, 2.05) is 29.8 Å². The Morgan fingerprint density at radius 2 is 2.05 bits per heavy atom. The standard InChI is InChI=1S/C14H11Cl2N3S/c1-19-8-18-12-4-5-17-14(13(12)19)20-7-9-6-10(15)2-3-11(9)16/h2-6,8H,7H2,1H3. The van der Waals surface area contributed by atoms with Crippen molar-refractivity contribution >= 4 is 46.0 Å². The predicted octanol–water partition coefficient (Wildman–Crippen LogP) is 4.57. The first-order chi connectivity index (χ1) is 9.65. The lowest BCUT2D eigenvalue weighted by molar-refractivity contribution is 0.927. The molecule has 2 aromatic heterocycles. The fourth-order valence-corrected chi connectivity index (χ4v) is 3.48. The molecule has 3 nitrogen and oxygen atoms in total. The summed E-state index contributed by atoms with van der Waals surface area (Å²) in [6.45, 7) is 0. The van der Waals surface area contributed by atoms with Crippen LogP contribution in [0.25, 0.3) is 11.0 Å². The van der Waals surface area contributed by atoms with Crippen LogP contribution >= 0.6 is 35.0 Å². The molecule has 2 heterocycles. The smallest absolute Gasteiger partial charge is 0.122 e. The van der Waals surface area contributed by atoms with Crippen LogP contribution in [0.1, 0.15) is 5.56 Å². The Labute approximate surface area is 130 Å². The first-order valence-electron chi connectivity index (χ1n) is 5.98. The average Bonchev–Trinajstić information content (AvgIpc) is 2.82. The van der Waals surface area contributed by atoms with Crippen LogP contribution in [0.15, 0.2) is 41.8 Å². The van der Waals surface area contributed by atoms with Gasteiger partial charge in [0.05, 0.1) is 11.8 Å². The number of imidazole rings is 1. The Morgan fingerprint density at radius 1 is 1.20 bits per heavy atom. The minimum Gasteiger partial charge on any atom is -0.332 e. The zero-order valence-electron chi connectivity index (χ0n) is 10.7. The van der Waals surface area contributed by atoms with Crippen LogP contribution in [-0.4, -0.2) is 14.5 Å². The third-order valence-electron chi connectivity index (χ3n) is 2.96. The second-order valence-electron chi connectivity index (χ2n) is 4.36. The molecule has 6 heteroatoms. The van der Waals surface area contributed by atoms with Crippen molar-refractivity contribution in [3.63, 3.8) is 0 Å². The van der Waals surface area contributed by atoms with Crippen LogP contribution in [0.2, 0.25) is 10.0 Å². The second kappa shape index (κ2) is 5.64. The fraction of sp³-hybridized carbons (Fsp3) is 0.143. The Morgan fingerprint density at radius 3 is 2.90 bits per heavy atom. The summed E-state index contributed by atoms with van der Waals surface area (Å²) in [6.07, 6.45) is 3.57. The molecule has 0 amide bonds. The molecule has 20 heavy (non-hydrogen) atoms. The molecular weight excluding hydrogens is 313 g/mol. The lowest BCUT2D eigenvalue weighted by Crippen LogP contribution is -1.91. The Bertz CT molecular complexity index is 770. The van der Waals surface area contributed by atoms with Crippen molar-refractivity contribution < 1.29 is 0 Å². The molecule has 3 rings (SSSR count). The summed E-state index contributed by atoms with van der Waals surface area (Å²) in [7, 11) is 1.97. The van der Waals surface area contributed by atoms with E-state index in [0.29, 0.717) is 5.02 Å². The van der Waals surface area contributed by atoms with Gasteiger partial charge in [-0.05, 0) is 29.8 Å². The maximum atomic E-state index is 6.18. The van der Waals surface area contributed by atoms with Crippen molar-refractivity contribution in [2.24, 2.45) is 7.05 Å². The van der Waals surface area contributed by atoms with Gasteiger partial charge in [-0.1, -0.05) is 35.0 Å². The quantitative estimate of drug-likeness (QED) is 0.661. The number of nitrogens with zero attached hydrogens (tertiary/aromatic N) is 3. The van der Waals surface area contributed by atoms with Crippen LogP contribution in [0.5, 0.6) is 0 Å². The molecule has 0 spiro atoms. The highest BCUT2D eigenvalue weighted by Gasteiger charge is 2.09. The van der Waals surface area contributed by atoms with Gasteiger partial charge in [-0.3, -0.25) is 0 Å². The van der Waals surface area contributed by atoms with E-state index in [-0.39, 0.29) is 0 Å². The average molecular weight is 324 g/mol. The Hall–Kier alpha value is -1.23. The molecule has 0 bridgehead atoms. The molecular formula is C14H11Cl2N3S. The van der Waals surface area contributed by atoms with Gasteiger partial charge in [0, 0.05) is 29.0 Å². The lowest BCUT2D eigenvalue weighted by Gasteiger charge is -2.06. The minimum atomic E-state index is 0.691. The SMILES string of the molecule is Cn1cnc2ccnc(SCc3cc(Cl)ccc3Cl)c21. The molecule has 0 radical (unpaired) electrons. The van der Waals surface area contributed by atoms with Gasteiger partial charge >= 0.3 is 0 Å². The van der Waals surface area contributed by atoms with Crippen LogP contribution in [0.4, 0.5) is 0 Å². The van der Waals surface area contributed by atoms with Gasteiger partial charge in [0.15, 0.2) is 0 Å². The summed E-state index contributed by atoms with van der Waals surface area (Å²) in [5.74, 6) is 0.719. The van der Waals surface area contributed by atoms with Gasteiger partial charge in [0.1, 0.15) is 10.5 Å². The van der Waals surface area contributed by atoms with Crippen LogP contribution in [0, 0.1) is 0 Å². The van der Waals surface area contributed by atoms with Crippen molar-refractivity contribution in [1.82, 2.24) is 14.5 Å². The zero-order chi connectivity index (χ0) is 14.1. The largest absolute Gasteiger partial charge is 0.332 e. The molecule has 0 unspecified atom stereocenters. The summed E-state index contributed by atoms with van der Waals surface area (Å²) >= 11 is 13.8. The van der Waals surface area contributed by atoms with Crippen molar-refractivity contribution in [1.29, 1.82) is 0 Å². The summed E-state index contributed by atoms with van der Waals surface area (Å²) < 4.78 is 1.98. The van der Waals surface area contributed by atoms with Gasteiger partial charge in [-0.25, -0.2) is 9.97 Å². The molecule has 0 saturated carbocycles. The lowest BCUT2D eigenvalue weighted by atomic mass is 10.2. The number of hydrogen-bond acceptors (Lipinski definition) is 3. The third kappa shape index (κ3) is 2.64. The molecule has 0 aliphatic carbocycles. The number of rotatable bonds is 3. The number of halogens is 2. The first kappa shape index (κ1) is 13.7. The number of aryl methyl sites for hydroxylation is 1. The molecule has 0 fully saturated rings. The number of hydrogen-bond donors (Lipinski definition) is 0. The molecule has 0 atom stereocenters. The highest BCUT2D eigenvalue weighted by molar-refractivity contribution is 7.98. The monoisotopic (exact) mass is 323 g/mol. The van der Waals surface area contributed by atoms with E-state index in [1.54, 1.807) is 30.4 Å². The van der Waals surface area contributed by atoms with Crippen molar-refractivity contribution in [2.45, 2.75) is 10.8 Å². The maximum Gasteiger partial charge on any atom is 0.122 e. The summed E-state index contributed by atoms with van der Waals surface area (Å²) in [5.41, 5.74) is 2.99. The normalized spacial score (nSPS) is 11.2. The Balaban J connectivity index is 1.90. The highest BCUT2D eigenvalue weighted by Crippen LogP contribution is 2.31. The predicted molar refractivity (Wildman–Crippen MR) is 84.5 cm³/mol. The number of thioether (sulfide) groups is 1. The molecule has 102 valence electrons. The zero-order valence-corrected chi connectivity index (χ0v) is 13.0. The van der Waals surface area contributed by atoms with Crippen LogP contribution in [-0.2, 0) is 12.8 Å². The van der Waals surface area contributed by atoms with Crippen molar-refractivity contribution in [3.05, 3.63) is 52.4 Å². The minimum absolute atomic E-state index is 0.691. The third-order valence-corrected chi connectivity index (χ3v) is 4.60. The number of benzene rings is 1.